The second kappa shape index (κ2) is 2.83. The van der Waals surface area contributed by atoms with Crippen LogP contribution in [0.4, 0.5) is 0 Å². The highest BCUT2D eigenvalue weighted by molar-refractivity contribution is 14.1. The Morgan fingerprint density at radius 1 is 1.67 bits per heavy atom. The minimum Gasteiger partial charge on any atom is -0.445 e. The van der Waals surface area contributed by atoms with E-state index >= 15 is 0 Å². The first-order valence-corrected chi connectivity index (χ1v) is 4.02. The molecular weight excluding hydrogens is 299 g/mol. The number of hydrogen-bond acceptors (Lipinski definition) is 2. The summed E-state index contributed by atoms with van der Waals surface area (Å²) in [6, 6.07) is 3.31. The third kappa shape index (κ3) is 1.79. The molecule has 0 saturated carbocycles. The first kappa shape index (κ1) is 7.27. The van der Waals surface area contributed by atoms with E-state index in [1.54, 1.807) is 34.7 Å². The molecule has 4 heteroatoms. The van der Waals surface area contributed by atoms with E-state index in [4.69, 9.17) is 4.42 Å². The van der Waals surface area contributed by atoms with Gasteiger partial charge in [0.25, 0.3) is 3.79 Å². The van der Waals surface area contributed by atoms with Gasteiger partial charge in [-0.15, -0.1) is 0 Å². The first-order valence-electron chi connectivity index (χ1n) is 2.15. The van der Waals surface area contributed by atoms with Crippen LogP contribution in [0.5, 0.6) is 0 Å². The summed E-state index contributed by atoms with van der Waals surface area (Å²) in [4.78, 5) is 10.5. The molecule has 1 heterocycles. The van der Waals surface area contributed by atoms with E-state index in [-0.39, 0.29) is 3.79 Å². The predicted octanol–water partition coefficient (Wildman–Crippen LogP) is 2.62. The van der Waals surface area contributed by atoms with Crippen LogP contribution in [0, 0.1) is 0 Å². The zero-order valence-electron chi connectivity index (χ0n) is 4.23. The molecule has 48 valence electrons. The summed E-state index contributed by atoms with van der Waals surface area (Å²) in [6.07, 6.45) is 0. The molecule has 2 nitrogen and oxygen atoms in total. The van der Waals surface area contributed by atoms with Gasteiger partial charge in [-0.25, -0.2) is 0 Å². The molecule has 1 aromatic heterocycles. The molecule has 0 saturated heterocycles. The third-order valence-electron chi connectivity index (χ3n) is 0.767. The second-order valence-corrected chi connectivity index (χ2v) is 3.14. The molecule has 9 heavy (non-hydrogen) atoms. The van der Waals surface area contributed by atoms with Gasteiger partial charge in [0.15, 0.2) is 10.4 Å². The Morgan fingerprint density at radius 3 is 2.56 bits per heavy atom. The van der Waals surface area contributed by atoms with Crippen LogP contribution in [-0.2, 0) is 0 Å². The maximum atomic E-state index is 10.5. The number of hydrogen-bond donors (Lipinski definition) is 0. The standard InChI is InChI=1S/C5H2BrIO2/c6-4-2-1-3(9-4)5(7)8/h1-2H. The molecule has 0 N–H and O–H groups in total. The van der Waals surface area contributed by atoms with Crippen LogP contribution in [0.2, 0.25) is 0 Å². The molecule has 0 bridgehead atoms. The van der Waals surface area contributed by atoms with E-state index in [1.165, 1.54) is 0 Å². The molecule has 0 amide bonds. The predicted molar refractivity (Wildman–Crippen MR) is 44.8 cm³/mol. The van der Waals surface area contributed by atoms with Crippen LogP contribution in [-0.4, -0.2) is 3.79 Å². The van der Waals surface area contributed by atoms with Crippen LogP contribution in [0.15, 0.2) is 21.2 Å². The molecule has 0 aliphatic carbocycles. The Labute approximate surface area is 73.9 Å². The van der Waals surface area contributed by atoms with E-state index < -0.39 is 0 Å². The fourth-order valence-electron chi connectivity index (χ4n) is 0.420. The Morgan fingerprint density at radius 2 is 2.33 bits per heavy atom. The van der Waals surface area contributed by atoms with Gasteiger partial charge in [0.05, 0.1) is 0 Å². The fraction of sp³-hybridized carbons (Fsp3) is 0. The monoisotopic (exact) mass is 300 g/mol. The van der Waals surface area contributed by atoms with Crippen molar-refractivity contribution in [1.82, 2.24) is 0 Å². The maximum absolute atomic E-state index is 10.5. The van der Waals surface area contributed by atoms with Crippen molar-refractivity contribution in [2.75, 3.05) is 0 Å². The van der Waals surface area contributed by atoms with Gasteiger partial charge in [-0.1, -0.05) is 0 Å². The van der Waals surface area contributed by atoms with E-state index in [2.05, 4.69) is 15.9 Å². The zero-order valence-corrected chi connectivity index (χ0v) is 7.97. The quantitative estimate of drug-likeness (QED) is 0.589. The Kier molecular flexibility index (Phi) is 2.29. The minimum absolute atomic E-state index is 0.0849. The Balaban J connectivity index is 2.98. The summed E-state index contributed by atoms with van der Waals surface area (Å²) in [5.41, 5.74) is 0. The van der Waals surface area contributed by atoms with Crippen molar-refractivity contribution in [3.63, 3.8) is 0 Å². The van der Waals surface area contributed by atoms with Gasteiger partial charge in [-0.3, -0.25) is 4.79 Å². The maximum Gasteiger partial charge on any atom is 0.257 e. The minimum atomic E-state index is -0.0849. The lowest BCUT2D eigenvalue weighted by atomic mass is 10.5. The Bertz CT molecular complexity index is 231. The van der Waals surface area contributed by atoms with Crippen molar-refractivity contribution >= 4 is 42.3 Å². The number of halogens is 2. The van der Waals surface area contributed by atoms with Crippen LogP contribution in [0.3, 0.4) is 0 Å². The van der Waals surface area contributed by atoms with Crippen molar-refractivity contribution in [3.8, 4) is 0 Å². The average molecular weight is 301 g/mol. The van der Waals surface area contributed by atoms with Gasteiger partial charge >= 0.3 is 0 Å². The first-order chi connectivity index (χ1) is 4.20. The van der Waals surface area contributed by atoms with Gasteiger partial charge in [-0.2, -0.15) is 0 Å². The number of carbonyl (C=O) groups is 1. The SMILES string of the molecule is O=C(I)c1ccc(Br)o1. The van der Waals surface area contributed by atoms with Crippen LogP contribution >= 0.6 is 38.5 Å². The number of carbonyl (C=O) groups excluding carboxylic acids is 1. The normalized spacial score (nSPS) is 9.56. The van der Waals surface area contributed by atoms with Crippen molar-refractivity contribution in [2.24, 2.45) is 0 Å². The molecule has 0 unspecified atom stereocenters. The van der Waals surface area contributed by atoms with Gasteiger partial charge in [0.1, 0.15) is 0 Å². The lowest BCUT2D eigenvalue weighted by Gasteiger charge is -1.80. The summed E-state index contributed by atoms with van der Waals surface area (Å²) in [7, 11) is 0. The molecule has 0 spiro atoms. The van der Waals surface area contributed by atoms with Gasteiger partial charge < -0.3 is 4.42 Å². The van der Waals surface area contributed by atoms with E-state index in [0.29, 0.717) is 10.4 Å². The number of furan rings is 1. The molecule has 1 rings (SSSR count). The van der Waals surface area contributed by atoms with Crippen LogP contribution < -0.4 is 0 Å². The molecule has 0 aliphatic heterocycles. The summed E-state index contributed by atoms with van der Waals surface area (Å²) < 4.78 is 5.41. The second-order valence-electron chi connectivity index (χ2n) is 1.38. The highest BCUT2D eigenvalue weighted by Crippen LogP contribution is 2.15. The molecule has 0 aromatic carbocycles. The molecule has 0 radical (unpaired) electrons. The summed E-state index contributed by atoms with van der Waals surface area (Å²) in [5, 5.41) is 0. The highest BCUT2D eigenvalue weighted by atomic mass is 127. The molecular formula is C5H2BrIO2. The summed E-state index contributed by atoms with van der Waals surface area (Å²) >= 11 is 4.75. The summed E-state index contributed by atoms with van der Waals surface area (Å²) in [6.45, 7) is 0. The summed E-state index contributed by atoms with van der Waals surface area (Å²) in [5.74, 6) is 0.377. The van der Waals surface area contributed by atoms with E-state index in [1.807, 2.05) is 0 Å². The smallest absolute Gasteiger partial charge is 0.257 e. The lowest BCUT2D eigenvalue weighted by molar-refractivity contribution is 0.108. The van der Waals surface area contributed by atoms with Gasteiger partial charge in [0, 0.05) is 22.6 Å². The zero-order chi connectivity index (χ0) is 6.85. The molecule has 0 aliphatic rings. The van der Waals surface area contributed by atoms with Crippen LogP contribution in [0.1, 0.15) is 10.6 Å². The Hall–Kier alpha value is 0.160. The van der Waals surface area contributed by atoms with Crippen molar-refractivity contribution in [1.29, 1.82) is 0 Å². The average Bonchev–Trinajstić information content (AvgIpc) is 2.14. The van der Waals surface area contributed by atoms with Crippen molar-refractivity contribution < 1.29 is 9.21 Å². The highest BCUT2D eigenvalue weighted by Gasteiger charge is 2.04. The topological polar surface area (TPSA) is 30.2 Å². The fourth-order valence-corrected chi connectivity index (χ4v) is 1.02. The van der Waals surface area contributed by atoms with Crippen LogP contribution in [0.25, 0.3) is 0 Å². The van der Waals surface area contributed by atoms with Gasteiger partial charge in [0.2, 0.25) is 0 Å². The van der Waals surface area contributed by atoms with Crippen molar-refractivity contribution in [2.45, 2.75) is 0 Å². The van der Waals surface area contributed by atoms with Crippen molar-refractivity contribution in [3.05, 3.63) is 22.6 Å². The molecule has 1 aromatic rings. The third-order valence-corrected chi connectivity index (χ3v) is 1.72. The van der Waals surface area contributed by atoms with E-state index in [9.17, 15) is 4.79 Å². The largest absolute Gasteiger partial charge is 0.445 e. The van der Waals surface area contributed by atoms with E-state index in [0.717, 1.165) is 0 Å². The number of rotatable bonds is 1. The van der Waals surface area contributed by atoms with Gasteiger partial charge in [-0.05, 0) is 28.1 Å². The molecule has 0 fully saturated rings. The molecule has 0 atom stereocenters. The lowest BCUT2D eigenvalue weighted by Crippen LogP contribution is -1.79.